The summed E-state index contributed by atoms with van der Waals surface area (Å²) in [4.78, 5) is 22.3. The van der Waals surface area contributed by atoms with Gasteiger partial charge in [0.25, 0.3) is 11.1 Å². The van der Waals surface area contributed by atoms with Crippen LogP contribution in [0.3, 0.4) is 0 Å². The van der Waals surface area contributed by atoms with Crippen molar-refractivity contribution in [3.8, 4) is 0 Å². The summed E-state index contributed by atoms with van der Waals surface area (Å²) in [6.45, 7) is 3.98. The highest BCUT2D eigenvalue weighted by Gasteiger charge is 2.31. The van der Waals surface area contributed by atoms with Gasteiger partial charge in [-0.1, -0.05) is 17.7 Å². The smallest absolute Gasteiger partial charge is 0.288 e. The number of nitrogens with one attached hydrogen (secondary N) is 2. The van der Waals surface area contributed by atoms with Crippen LogP contribution in [0.2, 0.25) is 0 Å². The number of rotatable bonds is 2. The standard InChI is InChI=1S/C11H12N2O2S/c1-6-3-4-8(7(2)5-6)12-10-9(14)13-11(15)16-10/h3-5,10,12H,1-2H3,(H,13,14,15). The molecule has 2 amide bonds. The second-order valence-corrected chi connectivity index (χ2v) is 4.82. The van der Waals surface area contributed by atoms with Crippen LogP contribution in [-0.2, 0) is 4.79 Å². The van der Waals surface area contributed by atoms with Gasteiger partial charge in [-0.25, -0.2) is 0 Å². The Morgan fingerprint density at radius 1 is 1.31 bits per heavy atom. The molecule has 4 nitrogen and oxygen atoms in total. The number of imide groups is 1. The van der Waals surface area contributed by atoms with E-state index in [9.17, 15) is 9.59 Å². The molecule has 16 heavy (non-hydrogen) atoms. The van der Waals surface area contributed by atoms with Gasteiger partial charge < -0.3 is 5.32 Å². The molecule has 1 fully saturated rings. The van der Waals surface area contributed by atoms with Crippen LogP contribution in [0.25, 0.3) is 0 Å². The van der Waals surface area contributed by atoms with Crippen molar-refractivity contribution in [2.45, 2.75) is 19.2 Å². The van der Waals surface area contributed by atoms with E-state index in [-0.39, 0.29) is 11.1 Å². The fraction of sp³-hybridized carbons (Fsp3) is 0.273. The third-order valence-electron chi connectivity index (χ3n) is 2.36. The van der Waals surface area contributed by atoms with E-state index in [2.05, 4.69) is 10.6 Å². The Morgan fingerprint density at radius 3 is 2.62 bits per heavy atom. The quantitative estimate of drug-likeness (QED) is 0.825. The fourth-order valence-corrected chi connectivity index (χ4v) is 2.29. The summed E-state index contributed by atoms with van der Waals surface area (Å²) >= 11 is 0.971. The number of carbonyl (C=O) groups is 2. The third kappa shape index (κ3) is 2.19. The Kier molecular flexibility index (Phi) is 2.87. The predicted octanol–water partition coefficient (Wildman–Crippen LogP) is 2.02. The third-order valence-corrected chi connectivity index (χ3v) is 3.24. The molecule has 0 aliphatic carbocycles. The van der Waals surface area contributed by atoms with E-state index < -0.39 is 5.37 Å². The van der Waals surface area contributed by atoms with Gasteiger partial charge in [0.15, 0.2) is 5.37 Å². The molecule has 1 aliphatic heterocycles. The molecular weight excluding hydrogens is 224 g/mol. The molecule has 1 aliphatic rings. The van der Waals surface area contributed by atoms with E-state index in [1.807, 2.05) is 32.0 Å². The molecule has 2 rings (SSSR count). The average molecular weight is 236 g/mol. The number of benzene rings is 1. The van der Waals surface area contributed by atoms with Crippen LogP contribution in [0.4, 0.5) is 10.5 Å². The first-order valence-electron chi connectivity index (χ1n) is 4.91. The van der Waals surface area contributed by atoms with Crippen LogP contribution in [0.15, 0.2) is 18.2 Å². The molecule has 0 spiro atoms. The van der Waals surface area contributed by atoms with Gasteiger partial charge in [0, 0.05) is 5.69 Å². The van der Waals surface area contributed by atoms with E-state index in [1.54, 1.807) is 0 Å². The first kappa shape index (κ1) is 11.0. The summed E-state index contributed by atoms with van der Waals surface area (Å²) in [5.74, 6) is -0.282. The maximum atomic E-state index is 11.4. The topological polar surface area (TPSA) is 58.2 Å². The van der Waals surface area contributed by atoms with E-state index in [4.69, 9.17) is 0 Å². The molecule has 1 saturated heterocycles. The average Bonchev–Trinajstić information content (AvgIpc) is 2.50. The Hall–Kier alpha value is -1.49. The minimum Gasteiger partial charge on any atom is -0.365 e. The minimum atomic E-state index is -0.520. The van der Waals surface area contributed by atoms with Crippen LogP contribution in [0.5, 0.6) is 0 Å². The summed E-state index contributed by atoms with van der Waals surface area (Å²) in [5.41, 5.74) is 3.11. The first-order valence-corrected chi connectivity index (χ1v) is 5.79. The highest BCUT2D eigenvalue weighted by Crippen LogP contribution is 2.24. The maximum Gasteiger partial charge on any atom is 0.288 e. The van der Waals surface area contributed by atoms with Crippen molar-refractivity contribution in [2.75, 3.05) is 5.32 Å². The van der Waals surface area contributed by atoms with Gasteiger partial charge >= 0.3 is 0 Å². The van der Waals surface area contributed by atoms with Crippen LogP contribution in [0.1, 0.15) is 11.1 Å². The number of aryl methyl sites for hydroxylation is 2. The van der Waals surface area contributed by atoms with Crippen molar-refractivity contribution in [2.24, 2.45) is 0 Å². The van der Waals surface area contributed by atoms with Crippen molar-refractivity contribution >= 4 is 28.6 Å². The van der Waals surface area contributed by atoms with E-state index in [0.717, 1.165) is 23.0 Å². The molecule has 5 heteroatoms. The van der Waals surface area contributed by atoms with Crippen molar-refractivity contribution < 1.29 is 9.59 Å². The number of anilines is 1. The van der Waals surface area contributed by atoms with Crippen LogP contribution >= 0.6 is 11.8 Å². The number of thioether (sulfide) groups is 1. The van der Waals surface area contributed by atoms with Gasteiger partial charge in [0.1, 0.15) is 0 Å². The molecule has 0 aromatic heterocycles. The largest absolute Gasteiger partial charge is 0.365 e. The van der Waals surface area contributed by atoms with E-state index in [0.29, 0.717) is 0 Å². The van der Waals surface area contributed by atoms with Gasteiger partial charge in [-0.15, -0.1) is 0 Å². The van der Waals surface area contributed by atoms with Gasteiger partial charge in [-0.05, 0) is 37.2 Å². The molecule has 1 aromatic rings. The van der Waals surface area contributed by atoms with E-state index in [1.165, 1.54) is 5.56 Å². The summed E-state index contributed by atoms with van der Waals surface area (Å²) in [7, 11) is 0. The first-order chi connectivity index (χ1) is 7.56. The summed E-state index contributed by atoms with van der Waals surface area (Å²) < 4.78 is 0. The summed E-state index contributed by atoms with van der Waals surface area (Å²) in [6.07, 6.45) is 0. The lowest BCUT2D eigenvalue weighted by Gasteiger charge is -2.12. The lowest BCUT2D eigenvalue weighted by Crippen LogP contribution is -2.29. The molecule has 2 N–H and O–H groups in total. The van der Waals surface area contributed by atoms with Crippen molar-refractivity contribution in [3.63, 3.8) is 0 Å². The van der Waals surface area contributed by atoms with Crippen molar-refractivity contribution in [1.82, 2.24) is 5.32 Å². The van der Waals surface area contributed by atoms with Crippen molar-refractivity contribution in [3.05, 3.63) is 29.3 Å². The Balaban J connectivity index is 2.15. The highest BCUT2D eigenvalue weighted by atomic mass is 32.2. The van der Waals surface area contributed by atoms with Crippen molar-refractivity contribution in [1.29, 1.82) is 0 Å². The summed E-state index contributed by atoms with van der Waals surface area (Å²) in [6, 6.07) is 5.91. The molecule has 0 radical (unpaired) electrons. The summed E-state index contributed by atoms with van der Waals surface area (Å²) in [5, 5.41) is 4.47. The van der Waals surface area contributed by atoms with Gasteiger partial charge in [0.05, 0.1) is 0 Å². The number of amides is 2. The zero-order chi connectivity index (χ0) is 11.7. The fourth-order valence-electron chi connectivity index (χ4n) is 1.57. The lowest BCUT2D eigenvalue weighted by molar-refractivity contribution is -0.118. The SMILES string of the molecule is Cc1ccc(NC2SC(=O)NC2=O)c(C)c1. The van der Waals surface area contributed by atoms with E-state index >= 15 is 0 Å². The highest BCUT2D eigenvalue weighted by molar-refractivity contribution is 8.15. The zero-order valence-corrected chi connectivity index (χ0v) is 9.85. The normalized spacial score (nSPS) is 19.8. The molecule has 1 aromatic carbocycles. The number of hydrogen-bond donors (Lipinski definition) is 2. The lowest BCUT2D eigenvalue weighted by atomic mass is 10.1. The second kappa shape index (κ2) is 4.17. The van der Waals surface area contributed by atoms with Gasteiger partial charge in [-0.2, -0.15) is 0 Å². The molecule has 1 heterocycles. The monoisotopic (exact) mass is 236 g/mol. The van der Waals surface area contributed by atoms with Crippen LogP contribution in [-0.4, -0.2) is 16.5 Å². The number of hydrogen-bond acceptors (Lipinski definition) is 4. The molecular formula is C11H12N2O2S. The van der Waals surface area contributed by atoms with Crippen LogP contribution in [0, 0.1) is 13.8 Å². The maximum absolute atomic E-state index is 11.4. The zero-order valence-electron chi connectivity index (χ0n) is 9.03. The minimum absolute atomic E-state index is 0.282. The van der Waals surface area contributed by atoms with Crippen LogP contribution < -0.4 is 10.6 Å². The number of carbonyl (C=O) groups excluding carboxylic acids is 2. The second-order valence-electron chi connectivity index (χ2n) is 3.74. The Bertz CT molecular complexity index is 459. The Morgan fingerprint density at radius 2 is 2.06 bits per heavy atom. The predicted molar refractivity (Wildman–Crippen MR) is 64.5 cm³/mol. The molecule has 1 unspecified atom stereocenters. The van der Waals surface area contributed by atoms with Gasteiger partial charge in [0.2, 0.25) is 0 Å². The molecule has 1 atom stereocenters. The molecule has 0 bridgehead atoms. The molecule has 84 valence electrons. The Labute approximate surface area is 97.8 Å². The molecule has 0 saturated carbocycles. The van der Waals surface area contributed by atoms with Gasteiger partial charge in [-0.3, -0.25) is 14.9 Å².